The molecule has 1 saturated heterocycles. The summed E-state index contributed by atoms with van der Waals surface area (Å²) < 4.78 is 16.2. The van der Waals surface area contributed by atoms with Crippen LogP contribution in [0.1, 0.15) is 18.4 Å². The van der Waals surface area contributed by atoms with Crippen molar-refractivity contribution in [1.29, 1.82) is 0 Å². The highest BCUT2D eigenvalue weighted by Gasteiger charge is 2.13. The molecule has 1 N–H and O–H groups in total. The maximum Gasteiger partial charge on any atom is 0.203 e. The Morgan fingerprint density at radius 3 is 2.14 bits per heavy atom. The van der Waals surface area contributed by atoms with Gasteiger partial charge in [-0.15, -0.1) is 0 Å². The molecule has 0 aliphatic carbocycles. The van der Waals surface area contributed by atoms with Crippen molar-refractivity contribution in [2.45, 2.75) is 19.3 Å². The van der Waals surface area contributed by atoms with Crippen molar-refractivity contribution in [2.75, 3.05) is 54.1 Å². The molecule has 0 unspecified atom stereocenters. The first kappa shape index (κ1) is 16.9. The van der Waals surface area contributed by atoms with Crippen molar-refractivity contribution in [2.24, 2.45) is 0 Å². The van der Waals surface area contributed by atoms with Crippen LogP contribution in [0.25, 0.3) is 0 Å². The molecule has 1 fully saturated rings. The quantitative estimate of drug-likeness (QED) is 0.744. The summed E-state index contributed by atoms with van der Waals surface area (Å²) in [6.07, 6.45) is 3.42. The predicted molar refractivity (Wildman–Crippen MR) is 88.3 cm³/mol. The Morgan fingerprint density at radius 2 is 1.59 bits per heavy atom. The summed E-state index contributed by atoms with van der Waals surface area (Å²) in [5.74, 6) is 2.13. The Kier molecular flexibility index (Phi) is 6.80. The zero-order chi connectivity index (χ0) is 15.8. The van der Waals surface area contributed by atoms with Crippen molar-refractivity contribution in [3.63, 3.8) is 0 Å². The van der Waals surface area contributed by atoms with Crippen molar-refractivity contribution in [3.8, 4) is 17.2 Å². The smallest absolute Gasteiger partial charge is 0.203 e. The van der Waals surface area contributed by atoms with E-state index in [-0.39, 0.29) is 0 Å². The summed E-state index contributed by atoms with van der Waals surface area (Å²) in [4.78, 5) is 2.53. The van der Waals surface area contributed by atoms with Crippen LogP contribution in [0.3, 0.4) is 0 Å². The van der Waals surface area contributed by atoms with Gasteiger partial charge in [-0.25, -0.2) is 0 Å². The first-order valence-electron chi connectivity index (χ1n) is 8.00. The summed E-state index contributed by atoms with van der Waals surface area (Å²) >= 11 is 0. The first-order valence-corrected chi connectivity index (χ1v) is 8.00. The molecule has 1 aromatic rings. The molecule has 0 spiro atoms. The molecular weight excluding hydrogens is 280 g/mol. The van der Waals surface area contributed by atoms with Crippen LogP contribution < -0.4 is 19.5 Å². The highest BCUT2D eigenvalue weighted by Crippen LogP contribution is 2.38. The summed E-state index contributed by atoms with van der Waals surface area (Å²) in [5, 5.41) is 3.39. The largest absolute Gasteiger partial charge is 0.493 e. The SMILES string of the molecule is COc1cc(CCCCN2CCNCC2)cc(OC)c1OC. The molecule has 1 heterocycles. The minimum absolute atomic E-state index is 0.662. The van der Waals surface area contributed by atoms with Crippen LogP contribution in [0.5, 0.6) is 17.2 Å². The van der Waals surface area contributed by atoms with Gasteiger partial charge >= 0.3 is 0 Å². The summed E-state index contributed by atoms with van der Waals surface area (Å²) in [7, 11) is 4.95. The Labute approximate surface area is 133 Å². The zero-order valence-corrected chi connectivity index (χ0v) is 14.0. The number of aryl methyl sites for hydroxylation is 1. The lowest BCUT2D eigenvalue weighted by Crippen LogP contribution is -2.43. The molecule has 0 atom stereocenters. The number of piperazine rings is 1. The molecule has 5 heteroatoms. The molecule has 0 saturated carbocycles. The molecule has 0 amide bonds. The molecule has 0 radical (unpaired) electrons. The number of nitrogens with one attached hydrogen (secondary N) is 1. The highest BCUT2D eigenvalue weighted by molar-refractivity contribution is 5.53. The second-order valence-electron chi connectivity index (χ2n) is 5.58. The fourth-order valence-corrected chi connectivity index (χ4v) is 2.88. The van der Waals surface area contributed by atoms with Gasteiger partial charge in [0.2, 0.25) is 5.75 Å². The van der Waals surface area contributed by atoms with E-state index in [1.807, 2.05) is 12.1 Å². The molecule has 1 aliphatic rings. The number of benzene rings is 1. The van der Waals surface area contributed by atoms with Gasteiger partial charge in [0.15, 0.2) is 11.5 Å². The molecule has 124 valence electrons. The predicted octanol–water partition coefficient (Wildman–Crippen LogP) is 1.94. The molecule has 1 aliphatic heterocycles. The van der Waals surface area contributed by atoms with Crippen LogP contribution >= 0.6 is 0 Å². The molecule has 0 aromatic heterocycles. The zero-order valence-electron chi connectivity index (χ0n) is 14.0. The van der Waals surface area contributed by atoms with E-state index in [2.05, 4.69) is 10.2 Å². The average molecular weight is 308 g/mol. The number of methoxy groups -OCH3 is 3. The number of rotatable bonds is 8. The fourth-order valence-electron chi connectivity index (χ4n) is 2.88. The molecule has 2 rings (SSSR count). The van der Waals surface area contributed by atoms with E-state index in [4.69, 9.17) is 14.2 Å². The maximum absolute atomic E-state index is 5.40. The fraction of sp³-hybridized carbons (Fsp3) is 0.647. The molecule has 0 bridgehead atoms. The van der Waals surface area contributed by atoms with E-state index < -0.39 is 0 Å². The Hall–Kier alpha value is -1.46. The van der Waals surface area contributed by atoms with Crippen LogP contribution in [0.2, 0.25) is 0 Å². The van der Waals surface area contributed by atoms with Crippen LogP contribution in [-0.2, 0) is 6.42 Å². The number of unbranched alkanes of at least 4 members (excludes halogenated alkanes) is 1. The third-order valence-corrected chi connectivity index (χ3v) is 4.12. The van der Waals surface area contributed by atoms with Gasteiger partial charge in [-0.1, -0.05) is 0 Å². The molecule has 22 heavy (non-hydrogen) atoms. The van der Waals surface area contributed by atoms with E-state index in [1.165, 1.54) is 38.0 Å². The number of hydrogen-bond acceptors (Lipinski definition) is 5. The summed E-state index contributed by atoms with van der Waals surface area (Å²) in [5.41, 5.74) is 1.23. The van der Waals surface area contributed by atoms with E-state index >= 15 is 0 Å². The summed E-state index contributed by atoms with van der Waals surface area (Å²) in [6.45, 7) is 5.76. The standard InChI is InChI=1S/C17H28N2O3/c1-20-15-12-14(13-16(21-2)17(15)22-3)6-4-5-9-19-10-7-18-8-11-19/h12-13,18H,4-11H2,1-3H3. The van der Waals surface area contributed by atoms with E-state index in [0.717, 1.165) is 31.0 Å². The Bertz CT molecular complexity index is 434. The van der Waals surface area contributed by atoms with Gasteiger partial charge < -0.3 is 24.4 Å². The minimum Gasteiger partial charge on any atom is -0.493 e. The second-order valence-corrected chi connectivity index (χ2v) is 5.58. The van der Waals surface area contributed by atoms with Gasteiger partial charge in [0, 0.05) is 26.2 Å². The van der Waals surface area contributed by atoms with Crippen molar-refractivity contribution in [1.82, 2.24) is 10.2 Å². The van der Waals surface area contributed by atoms with Gasteiger partial charge in [-0.2, -0.15) is 0 Å². The Balaban J connectivity index is 1.86. The maximum atomic E-state index is 5.40. The van der Waals surface area contributed by atoms with Gasteiger partial charge in [0.05, 0.1) is 21.3 Å². The topological polar surface area (TPSA) is 43.0 Å². The van der Waals surface area contributed by atoms with Crippen LogP contribution in [-0.4, -0.2) is 59.0 Å². The average Bonchev–Trinajstić information content (AvgIpc) is 2.58. The number of ether oxygens (including phenoxy) is 3. The van der Waals surface area contributed by atoms with E-state index in [0.29, 0.717) is 5.75 Å². The molecule has 1 aromatic carbocycles. The number of nitrogens with zero attached hydrogens (tertiary/aromatic N) is 1. The van der Waals surface area contributed by atoms with Gasteiger partial charge in [-0.3, -0.25) is 0 Å². The third-order valence-electron chi connectivity index (χ3n) is 4.12. The van der Waals surface area contributed by atoms with Gasteiger partial charge in [0.1, 0.15) is 0 Å². The van der Waals surface area contributed by atoms with Crippen LogP contribution in [0.15, 0.2) is 12.1 Å². The molecular formula is C17H28N2O3. The lowest BCUT2D eigenvalue weighted by atomic mass is 10.1. The van der Waals surface area contributed by atoms with Gasteiger partial charge in [0.25, 0.3) is 0 Å². The Morgan fingerprint density at radius 1 is 0.955 bits per heavy atom. The lowest BCUT2D eigenvalue weighted by molar-refractivity contribution is 0.237. The highest BCUT2D eigenvalue weighted by atomic mass is 16.5. The lowest BCUT2D eigenvalue weighted by Gasteiger charge is -2.27. The normalized spacial score (nSPS) is 15.6. The second kappa shape index (κ2) is 8.86. The molecule has 5 nitrogen and oxygen atoms in total. The summed E-state index contributed by atoms with van der Waals surface area (Å²) in [6, 6.07) is 4.10. The van der Waals surface area contributed by atoms with E-state index in [1.54, 1.807) is 21.3 Å². The van der Waals surface area contributed by atoms with E-state index in [9.17, 15) is 0 Å². The van der Waals surface area contributed by atoms with Crippen molar-refractivity contribution in [3.05, 3.63) is 17.7 Å². The monoisotopic (exact) mass is 308 g/mol. The number of hydrogen-bond donors (Lipinski definition) is 1. The third kappa shape index (κ3) is 4.52. The first-order chi connectivity index (χ1) is 10.8. The van der Waals surface area contributed by atoms with Crippen LogP contribution in [0, 0.1) is 0 Å². The van der Waals surface area contributed by atoms with Gasteiger partial charge in [-0.05, 0) is 43.5 Å². The van der Waals surface area contributed by atoms with Crippen molar-refractivity contribution >= 4 is 0 Å². The minimum atomic E-state index is 0.662. The van der Waals surface area contributed by atoms with Crippen LogP contribution in [0.4, 0.5) is 0 Å². The van der Waals surface area contributed by atoms with Crippen molar-refractivity contribution < 1.29 is 14.2 Å².